The Labute approximate surface area is 104 Å². The van der Waals surface area contributed by atoms with Crippen molar-refractivity contribution in [1.82, 2.24) is 5.32 Å². The minimum Gasteiger partial charge on any atom is -0.378 e. The van der Waals surface area contributed by atoms with Gasteiger partial charge in [-0.1, -0.05) is 19.8 Å². The molecule has 0 heterocycles. The summed E-state index contributed by atoms with van der Waals surface area (Å²) in [5.74, 6) is -0.248. The van der Waals surface area contributed by atoms with E-state index >= 15 is 0 Å². The summed E-state index contributed by atoms with van der Waals surface area (Å²) in [6.07, 6.45) is 7.29. The topological polar surface area (TPSA) is 64.3 Å². The number of nitrogens with two attached hydrogens (primary N) is 1. The lowest BCUT2D eigenvalue weighted by atomic mass is 9.79. The molecule has 0 aliphatic heterocycles. The third-order valence-corrected chi connectivity index (χ3v) is 3.76. The molecule has 0 aromatic rings. The van der Waals surface area contributed by atoms with E-state index in [-0.39, 0.29) is 12.0 Å². The fourth-order valence-electron chi connectivity index (χ4n) is 2.54. The first-order valence-electron chi connectivity index (χ1n) is 6.75. The molecule has 0 saturated heterocycles. The molecule has 1 amide bonds. The van der Waals surface area contributed by atoms with Crippen LogP contribution < -0.4 is 11.1 Å². The highest BCUT2D eigenvalue weighted by Crippen LogP contribution is 2.29. The molecule has 0 spiro atoms. The monoisotopic (exact) mass is 242 g/mol. The van der Waals surface area contributed by atoms with E-state index in [2.05, 4.69) is 12.2 Å². The number of hydrogen-bond acceptors (Lipinski definition) is 3. The third-order valence-electron chi connectivity index (χ3n) is 3.76. The van der Waals surface area contributed by atoms with Gasteiger partial charge in [0.2, 0.25) is 5.91 Å². The third kappa shape index (κ3) is 3.96. The molecule has 3 N–H and O–H groups in total. The van der Waals surface area contributed by atoms with Crippen molar-refractivity contribution in [3.63, 3.8) is 0 Å². The van der Waals surface area contributed by atoms with Gasteiger partial charge in [-0.05, 0) is 32.7 Å². The molecule has 1 fully saturated rings. The SMILES string of the molecule is CCCCCOC1CCCC(NC)(C(N)=O)C1. The summed E-state index contributed by atoms with van der Waals surface area (Å²) < 4.78 is 5.84. The largest absolute Gasteiger partial charge is 0.378 e. The van der Waals surface area contributed by atoms with Crippen LogP contribution >= 0.6 is 0 Å². The van der Waals surface area contributed by atoms with E-state index < -0.39 is 5.54 Å². The van der Waals surface area contributed by atoms with E-state index in [0.29, 0.717) is 6.42 Å². The van der Waals surface area contributed by atoms with Crippen molar-refractivity contribution in [1.29, 1.82) is 0 Å². The van der Waals surface area contributed by atoms with Gasteiger partial charge in [-0.15, -0.1) is 0 Å². The van der Waals surface area contributed by atoms with E-state index in [1.807, 2.05) is 7.05 Å². The lowest BCUT2D eigenvalue weighted by molar-refractivity contribution is -0.128. The number of carbonyl (C=O) groups is 1. The summed E-state index contributed by atoms with van der Waals surface area (Å²) in [5, 5.41) is 3.09. The van der Waals surface area contributed by atoms with Gasteiger partial charge in [0.1, 0.15) is 0 Å². The second-order valence-electron chi connectivity index (χ2n) is 4.99. The fourth-order valence-corrected chi connectivity index (χ4v) is 2.54. The van der Waals surface area contributed by atoms with Crippen molar-refractivity contribution < 1.29 is 9.53 Å². The molecule has 4 nitrogen and oxygen atoms in total. The predicted octanol–water partition coefficient (Wildman–Crippen LogP) is 1.58. The number of unbranched alkanes of at least 4 members (excludes halogenated alkanes) is 2. The molecule has 0 aromatic heterocycles. The first-order valence-corrected chi connectivity index (χ1v) is 6.75. The van der Waals surface area contributed by atoms with Gasteiger partial charge in [0.15, 0.2) is 0 Å². The van der Waals surface area contributed by atoms with Crippen molar-refractivity contribution >= 4 is 5.91 Å². The average molecular weight is 242 g/mol. The number of amides is 1. The van der Waals surface area contributed by atoms with E-state index in [1.54, 1.807) is 0 Å². The van der Waals surface area contributed by atoms with Crippen LogP contribution in [-0.2, 0) is 9.53 Å². The first kappa shape index (κ1) is 14.5. The Kier molecular flexibility index (Phi) is 5.92. The number of hydrogen-bond donors (Lipinski definition) is 2. The van der Waals surface area contributed by atoms with Gasteiger partial charge in [-0.25, -0.2) is 0 Å². The van der Waals surface area contributed by atoms with Gasteiger partial charge < -0.3 is 15.8 Å². The van der Waals surface area contributed by atoms with Gasteiger partial charge in [0.05, 0.1) is 11.6 Å². The fraction of sp³-hybridized carbons (Fsp3) is 0.923. The summed E-state index contributed by atoms with van der Waals surface area (Å²) in [4.78, 5) is 11.5. The number of ether oxygens (including phenoxy) is 1. The maximum absolute atomic E-state index is 11.5. The van der Waals surface area contributed by atoms with Crippen molar-refractivity contribution in [3.8, 4) is 0 Å². The number of carbonyl (C=O) groups excluding carboxylic acids is 1. The Morgan fingerprint density at radius 3 is 2.88 bits per heavy atom. The Morgan fingerprint density at radius 1 is 1.53 bits per heavy atom. The standard InChI is InChI=1S/C13H26N2O2/c1-3-4-5-9-17-11-7-6-8-13(10-11,15-2)12(14)16/h11,15H,3-10H2,1-2H3,(H2,14,16). The van der Waals surface area contributed by atoms with Crippen LogP contribution in [0.4, 0.5) is 0 Å². The zero-order valence-electron chi connectivity index (χ0n) is 11.1. The predicted molar refractivity (Wildman–Crippen MR) is 68.7 cm³/mol. The number of rotatable bonds is 7. The van der Waals surface area contributed by atoms with Gasteiger partial charge in [-0.3, -0.25) is 4.79 Å². The van der Waals surface area contributed by atoms with Crippen LogP contribution in [0.3, 0.4) is 0 Å². The van der Waals surface area contributed by atoms with Gasteiger partial charge in [0.25, 0.3) is 0 Å². The zero-order valence-corrected chi connectivity index (χ0v) is 11.1. The van der Waals surface area contributed by atoms with Gasteiger partial charge in [0, 0.05) is 13.0 Å². The zero-order chi connectivity index (χ0) is 12.7. The molecular formula is C13H26N2O2. The summed E-state index contributed by atoms with van der Waals surface area (Å²) in [7, 11) is 1.81. The second-order valence-corrected chi connectivity index (χ2v) is 4.99. The summed E-state index contributed by atoms with van der Waals surface area (Å²) in [5.41, 5.74) is 4.95. The highest BCUT2D eigenvalue weighted by molar-refractivity contribution is 5.84. The molecule has 0 radical (unpaired) electrons. The van der Waals surface area contributed by atoms with Gasteiger partial charge in [-0.2, -0.15) is 0 Å². The molecule has 1 aliphatic carbocycles. The first-order chi connectivity index (χ1) is 8.14. The number of primary amides is 1. The average Bonchev–Trinajstić information content (AvgIpc) is 2.34. The smallest absolute Gasteiger partial charge is 0.237 e. The van der Waals surface area contributed by atoms with Crippen LogP contribution in [0.5, 0.6) is 0 Å². The van der Waals surface area contributed by atoms with Crippen LogP contribution in [-0.4, -0.2) is 31.2 Å². The second kappa shape index (κ2) is 6.97. The molecule has 100 valence electrons. The molecule has 1 rings (SSSR count). The van der Waals surface area contributed by atoms with E-state index in [0.717, 1.165) is 32.3 Å². The van der Waals surface area contributed by atoms with E-state index in [4.69, 9.17) is 10.5 Å². The number of nitrogens with one attached hydrogen (secondary N) is 1. The van der Waals surface area contributed by atoms with Gasteiger partial charge >= 0.3 is 0 Å². The highest BCUT2D eigenvalue weighted by Gasteiger charge is 2.40. The maximum atomic E-state index is 11.5. The van der Waals surface area contributed by atoms with Crippen LogP contribution in [0.25, 0.3) is 0 Å². The summed E-state index contributed by atoms with van der Waals surface area (Å²) in [6.45, 7) is 2.98. The van der Waals surface area contributed by atoms with Crippen molar-refractivity contribution in [2.24, 2.45) is 5.73 Å². The molecule has 0 bridgehead atoms. The quantitative estimate of drug-likeness (QED) is 0.666. The van der Waals surface area contributed by atoms with Crippen LogP contribution in [0.1, 0.15) is 51.9 Å². The molecular weight excluding hydrogens is 216 g/mol. The summed E-state index contributed by atoms with van der Waals surface area (Å²) in [6, 6.07) is 0. The minimum absolute atomic E-state index is 0.181. The summed E-state index contributed by atoms with van der Waals surface area (Å²) >= 11 is 0. The number of likely N-dealkylation sites (N-methyl/N-ethyl adjacent to an activating group) is 1. The van der Waals surface area contributed by atoms with Crippen LogP contribution in [0.2, 0.25) is 0 Å². The molecule has 2 unspecified atom stereocenters. The Bertz CT molecular complexity index is 246. The molecule has 1 aliphatic rings. The molecule has 17 heavy (non-hydrogen) atoms. The molecule has 1 saturated carbocycles. The normalized spacial score (nSPS) is 29.2. The highest BCUT2D eigenvalue weighted by atomic mass is 16.5. The Balaban J connectivity index is 2.40. The van der Waals surface area contributed by atoms with Crippen LogP contribution in [0.15, 0.2) is 0 Å². The lowest BCUT2D eigenvalue weighted by Gasteiger charge is -2.38. The minimum atomic E-state index is -0.548. The van der Waals surface area contributed by atoms with Crippen molar-refractivity contribution in [3.05, 3.63) is 0 Å². The Hall–Kier alpha value is -0.610. The molecule has 4 heteroatoms. The lowest BCUT2D eigenvalue weighted by Crippen LogP contribution is -2.57. The van der Waals surface area contributed by atoms with E-state index in [1.165, 1.54) is 12.8 Å². The molecule has 0 aromatic carbocycles. The maximum Gasteiger partial charge on any atom is 0.237 e. The van der Waals surface area contributed by atoms with Crippen LogP contribution in [0, 0.1) is 0 Å². The Morgan fingerprint density at radius 2 is 2.29 bits per heavy atom. The van der Waals surface area contributed by atoms with Crippen molar-refractivity contribution in [2.75, 3.05) is 13.7 Å². The van der Waals surface area contributed by atoms with Crippen molar-refractivity contribution in [2.45, 2.75) is 63.5 Å². The molecule has 2 atom stereocenters. The van der Waals surface area contributed by atoms with E-state index in [9.17, 15) is 4.79 Å².